The second-order valence-corrected chi connectivity index (χ2v) is 3.97. The van der Waals surface area contributed by atoms with Gasteiger partial charge < -0.3 is 29.6 Å². The number of rotatable bonds is 2. The third-order valence-corrected chi connectivity index (χ3v) is 2.94. The van der Waals surface area contributed by atoms with Crippen LogP contribution in [0.25, 0.3) is 0 Å². The van der Waals surface area contributed by atoms with Gasteiger partial charge in [-0.15, -0.1) is 0 Å². The lowest BCUT2D eigenvalue weighted by Crippen LogP contribution is -2.29. The summed E-state index contributed by atoms with van der Waals surface area (Å²) in [6.07, 6.45) is -1.66. The van der Waals surface area contributed by atoms with E-state index in [0.29, 0.717) is 22.5 Å². The first-order valence-corrected chi connectivity index (χ1v) is 5.39. The number of nitrogens with one attached hydrogen (secondary N) is 1. The Morgan fingerprint density at radius 3 is 3.11 bits per heavy atom. The SMILES string of the molecule is O=C(O)NC[C@H]1OB(O)c2c1ccc1c2OCO1. The number of ether oxygens (including phenoxy) is 2. The van der Waals surface area contributed by atoms with Crippen molar-refractivity contribution in [3.8, 4) is 11.5 Å². The number of hydrogen-bond acceptors (Lipinski definition) is 5. The quantitative estimate of drug-likeness (QED) is 0.609. The highest BCUT2D eigenvalue weighted by Crippen LogP contribution is 2.36. The van der Waals surface area contributed by atoms with E-state index >= 15 is 0 Å². The van der Waals surface area contributed by atoms with E-state index in [0.717, 1.165) is 0 Å². The molecule has 8 heteroatoms. The average Bonchev–Trinajstić information content (AvgIpc) is 2.90. The van der Waals surface area contributed by atoms with Crippen LogP contribution in [0, 0.1) is 0 Å². The Balaban J connectivity index is 1.92. The van der Waals surface area contributed by atoms with Crippen LogP contribution >= 0.6 is 0 Å². The molecule has 0 saturated carbocycles. The first-order chi connectivity index (χ1) is 8.66. The fraction of sp³-hybridized carbons (Fsp3) is 0.300. The fourth-order valence-corrected chi connectivity index (χ4v) is 2.18. The molecule has 0 saturated heterocycles. The van der Waals surface area contributed by atoms with Crippen LogP contribution in [0.1, 0.15) is 11.7 Å². The smallest absolute Gasteiger partial charge is 0.465 e. The average molecular weight is 251 g/mol. The first kappa shape index (κ1) is 11.2. The van der Waals surface area contributed by atoms with Gasteiger partial charge in [-0.25, -0.2) is 4.79 Å². The number of carbonyl (C=O) groups is 1. The Kier molecular flexibility index (Phi) is 2.53. The highest BCUT2D eigenvalue weighted by Gasteiger charge is 2.40. The minimum atomic E-state index is -1.14. The molecule has 0 aliphatic carbocycles. The van der Waals surface area contributed by atoms with Crippen molar-refractivity contribution in [2.24, 2.45) is 0 Å². The van der Waals surface area contributed by atoms with E-state index in [1.807, 2.05) is 0 Å². The first-order valence-electron chi connectivity index (χ1n) is 5.39. The summed E-state index contributed by atoms with van der Waals surface area (Å²) in [7, 11) is -1.13. The summed E-state index contributed by atoms with van der Waals surface area (Å²) < 4.78 is 15.8. The van der Waals surface area contributed by atoms with Crippen LogP contribution in [0.15, 0.2) is 12.1 Å². The van der Waals surface area contributed by atoms with Gasteiger partial charge in [-0.05, 0) is 11.6 Å². The summed E-state index contributed by atoms with van der Waals surface area (Å²) in [5.41, 5.74) is 1.22. The Morgan fingerprint density at radius 2 is 2.33 bits per heavy atom. The molecule has 2 aliphatic rings. The second kappa shape index (κ2) is 4.07. The van der Waals surface area contributed by atoms with Crippen molar-refractivity contribution in [2.75, 3.05) is 13.3 Å². The molecule has 3 rings (SSSR count). The molecule has 3 N–H and O–H groups in total. The maximum absolute atomic E-state index is 10.5. The minimum absolute atomic E-state index is 0.0685. The Morgan fingerprint density at radius 1 is 1.50 bits per heavy atom. The van der Waals surface area contributed by atoms with Gasteiger partial charge in [0.15, 0.2) is 11.5 Å². The third kappa shape index (κ3) is 1.66. The van der Waals surface area contributed by atoms with Gasteiger partial charge in [0, 0.05) is 12.0 Å². The van der Waals surface area contributed by atoms with Crippen LogP contribution < -0.4 is 20.3 Å². The third-order valence-electron chi connectivity index (χ3n) is 2.94. The van der Waals surface area contributed by atoms with Crippen molar-refractivity contribution in [1.82, 2.24) is 5.32 Å². The summed E-state index contributed by atoms with van der Waals surface area (Å²) in [6, 6.07) is 3.46. The Hall–Kier alpha value is -1.93. The normalized spacial score (nSPS) is 19.8. The van der Waals surface area contributed by atoms with Crippen molar-refractivity contribution >= 4 is 18.7 Å². The molecule has 18 heavy (non-hydrogen) atoms. The van der Waals surface area contributed by atoms with E-state index < -0.39 is 19.3 Å². The van der Waals surface area contributed by atoms with Crippen LogP contribution in [0.3, 0.4) is 0 Å². The number of hydrogen-bond donors (Lipinski definition) is 3. The van der Waals surface area contributed by atoms with Gasteiger partial charge in [0.1, 0.15) is 0 Å². The number of fused-ring (bicyclic) bond motifs is 3. The molecular formula is C10H10BNO6. The standard InChI is InChI=1S/C10H10BNO6/c13-10(14)12-3-7-5-1-2-6-9(17-4-16-6)8(5)11(15)18-7/h1-2,7,12,15H,3-4H2,(H,13,14)/t7-/m1/s1. The molecule has 2 aliphatic heterocycles. The van der Waals surface area contributed by atoms with Crippen molar-refractivity contribution in [2.45, 2.75) is 6.10 Å². The van der Waals surface area contributed by atoms with E-state index in [1.54, 1.807) is 12.1 Å². The van der Waals surface area contributed by atoms with E-state index in [1.165, 1.54) is 0 Å². The molecule has 1 aromatic rings. The van der Waals surface area contributed by atoms with Crippen LogP contribution in [0.2, 0.25) is 0 Å². The molecule has 1 aromatic carbocycles. The molecule has 94 valence electrons. The zero-order chi connectivity index (χ0) is 12.7. The molecule has 1 atom stereocenters. The number of amides is 1. The molecule has 0 spiro atoms. The predicted molar refractivity (Wildman–Crippen MR) is 60.0 cm³/mol. The van der Waals surface area contributed by atoms with E-state index in [9.17, 15) is 9.82 Å². The van der Waals surface area contributed by atoms with Gasteiger partial charge in [0.25, 0.3) is 0 Å². The van der Waals surface area contributed by atoms with E-state index in [-0.39, 0.29) is 13.3 Å². The monoisotopic (exact) mass is 251 g/mol. The Bertz CT molecular complexity index is 507. The summed E-state index contributed by atoms with van der Waals surface area (Å²) in [6.45, 7) is 0.176. The topological polar surface area (TPSA) is 97.3 Å². The molecule has 7 nitrogen and oxygen atoms in total. The highest BCUT2D eigenvalue weighted by molar-refractivity contribution is 6.63. The van der Waals surface area contributed by atoms with Gasteiger partial charge in [-0.2, -0.15) is 0 Å². The number of carboxylic acid groups (broad SMARTS) is 1. The molecule has 0 bridgehead atoms. The van der Waals surface area contributed by atoms with Gasteiger partial charge in [0.05, 0.1) is 6.10 Å². The maximum atomic E-state index is 10.5. The molecule has 0 unspecified atom stereocenters. The zero-order valence-corrected chi connectivity index (χ0v) is 9.25. The predicted octanol–water partition coefficient (Wildman–Crippen LogP) is -0.558. The fourth-order valence-electron chi connectivity index (χ4n) is 2.18. The summed E-state index contributed by atoms with van der Waals surface area (Å²) in [5, 5.41) is 20.6. The van der Waals surface area contributed by atoms with Crippen molar-refractivity contribution in [3.63, 3.8) is 0 Å². The summed E-state index contributed by atoms with van der Waals surface area (Å²) >= 11 is 0. The van der Waals surface area contributed by atoms with Gasteiger partial charge in [-0.3, -0.25) is 0 Å². The van der Waals surface area contributed by atoms with Crippen LogP contribution in [0.4, 0.5) is 4.79 Å². The maximum Gasteiger partial charge on any atom is 0.496 e. The zero-order valence-electron chi connectivity index (χ0n) is 9.25. The van der Waals surface area contributed by atoms with Crippen LogP contribution in [-0.4, -0.2) is 36.7 Å². The van der Waals surface area contributed by atoms with Crippen LogP contribution in [-0.2, 0) is 4.65 Å². The summed E-state index contributed by atoms with van der Waals surface area (Å²) in [4.78, 5) is 10.5. The van der Waals surface area contributed by atoms with Gasteiger partial charge in [0.2, 0.25) is 6.79 Å². The summed E-state index contributed by atoms with van der Waals surface area (Å²) in [5.74, 6) is 1.03. The lowest BCUT2D eigenvalue weighted by atomic mass is 9.78. The van der Waals surface area contributed by atoms with Gasteiger partial charge in [-0.1, -0.05) is 6.07 Å². The second-order valence-electron chi connectivity index (χ2n) is 3.97. The molecule has 0 fully saturated rings. The Labute approximate surface area is 102 Å². The molecule has 1 amide bonds. The van der Waals surface area contributed by atoms with E-state index in [4.69, 9.17) is 19.2 Å². The number of benzene rings is 1. The van der Waals surface area contributed by atoms with Crippen LogP contribution in [0.5, 0.6) is 11.5 Å². The molecule has 0 aromatic heterocycles. The largest absolute Gasteiger partial charge is 0.496 e. The highest BCUT2D eigenvalue weighted by atomic mass is 16.7. The van der Waals surface area contributed by atoms with Crippen molar-refractivity contribution in [3.05, 3.63) is 17.7 Å². The van der Waals surface area contributed by atoms with Gasteiger partial charge >= 0.3 is 13.2 Å². The molecule has 2 heterocycles. The minimum Gasteiger partial charge on any atom is -0.465 e. The van der Waals surface area contributed by atoms with Crippen molar-refractivity contribution < 1.29 is 29.1 Å². The van der Waals surface area contributed by atoms with E-state index in [2.05, 4.69) is 5.32 Å². The molecular weight excluding hydrogens is 241 g/mol. The lowest BCUT2D eigenvalue weighted by Gasteiger charge is -2.11. The lowest BCUT2D eigenvalue weighted by molar-refractivity contribution is 0.166. The van der Waals surface area contributed by atoms with Crippen molar-refractivity contribution in [1.29, 1.82) is 0 Å². The molecule has 0 radical (unpaired) electrons.